The SMILES string of the molecule is COc1ccc(N)cc1NC(=O)C(C)N(CCO)C1CC1. The summed E-state index contributed by atoms with van der Waals surface area (Å²) in [5.74, 6) is 0.448. The molecule has 4 N–H and O–H groups in total. The number of aliphatic hydroxyl groups is 1. The molecular weight excluding hydrogens is 270 g/mol. The van der Waals surface area contributed by atoms with Crippen LogP contribution in [0, 0.1) is 0 Å². The zero-order chi connectivity index (χ0) is 15.4. The number of benzene rings is 1. The molecule has 1 aliphatic carbocycles. The zero-order valence-corrected chi connectivity index (χ0v) is 12.5. The molecule has 1 aliphatic rings. The van der Waals surface area contributed by atoms with Gasteiger partial charge in [-0.25, -0.2) is 0 Å². The van der Waals surface area contributed by atoms with Crippen molar-refractivity contribution in [2.45, 2.75) is 31.8 Å². The fourth-order valence-electron chi connectivity index (χ4n) is 2.43. The summed E-state index contributed by atoms with van der Waals surface area (Å²) in [5, 5.41) is 12.0. The minimum atomic E-state index is -0.309. The van der Waals surface area contributed by atoms with E-state index < -0.39 is 0 Å². The summed E-state index contributed by atoms with van der Waals surface area (Å²) in [6.07, 6.45) is 2.17. The first kappa shape index (κ1) is 15.6. The van der Waals surface area contributed by atoms with Crippen LogP contribution >= 0.6 is 0 Å². The van der Waals surface area contributed by atoms with Gasteiger partial charge in [-0.05, 0) is 38.0 Å². The summed E-state index contributed by atoms with van der Waals surface area (Å²) < 4.78 is 5.22. The molecule has 0 spiro atoms. The Hall–Kier alpha value is -1.79. The Labute approximate surface area is 124 Å². The van der Waals surface area contributed by atoms with Crippen LogP contribution in [0.1, 0.15) is 19.8 Å². The Morgan fingerprint density at radius 3 is 2.86 bits per heavy atom. The third-order valence-electron chi connectivity index (χ3n) is 3.73. The lowest BCUT2D eigenvalue weighted by Crippen LogP contribution is -2.44. The topological polar surface area (TPSA) is 87.8 Å². The number of ether oxygens (including phenoxy) is 1. The highest BCUT2D eigenvalue weighted by molar-refractivity contribution is 5.96. The molecule has 1 aromatic carbocycles. The van der Waals surface area contributed by atoms with E-state index in [-0.39, 0.29) is 18.6 Å². The Kier molecular flexibility index (Phi) is 5.03. The molecule has 1 saturated carbocycles. The van der Waals surface area contributed by atoms with Crippen LogP contribution in [0.15, 0.2) is 18.2 Å². The molecule has 0 bridgehead atoms. The number of anilines is 2. The summed E-state index contributed by atoms with van der Waals surface area (Å²) in [6.45, 7) is 2.41. The number of methoxy groups -OCH3 is 1. The van der Waals surface area contributed by atoms with E-state index in [9.17, 15) is 4.79 Å². The van der Waals surface area contributed by atoms with E-state index in [4.69, 9.17) is 15.6 Å². The first-order valence-electron chi connectivity index (χ1n) is 7.17. The number of nitrogens with one attached hydrogen (secondary N) is 1. The first-order valence-corrected chi connectivity index (χ1v) is 7.17. The maximum absolute atomic E-state index is 12.4. The average Bonchev–Trinajstić information content (AvgIpc) is 3.29. The molecule has 0 aromatic heterocycles. The number of rotatable bonds is 7. The third-order valence-corrected chi connectivity index (χ3v) is 3.73. The maximum atomic E-state index is 12.4. The smallest absolute Gasteiger partial charge is 0.241 e. The van der Waals surface area contributed by atoms with E-state index in [0.29, 0.717) is 29.7 Å². The maximum Gasteiger partial charge on any atom is 0.241 e. The number of aliphatic hydroxyl groups excluding tert-OH is 1. The number of nitrogens with two attached hydrogens (primary N) is 1. The summed E-state index contributed by atoms with van der Waals surface area (Å²) in [4.78, 5) is 14.4. The van der Waals surface area contributed by atoms with Crippen molar-refractivity contribution >= 4 is 17.3 Å². The molecule has 1 aromatic rings. The van der Waals surface area contributed by atoms with E-state index in [1.165, 1.54) is 0 Å². The van der Waals surface area contributed by atoms with Crippen molar-refractivity contribution < 1.29 is 14.6 Å². The minimum Gasteiger partial charge on any atom is -0.495 e. The second kappa shape index (κ2) is 6.78. The molecule has 21 heavy (non-hydrogen) atoms. The monoisotopic (exact) mass is 293 g/mol. The molecule has 0 aliphatic heterocycles. The quantitative estimate of drug-likeness (QED) is 0.654. The average molecular weight is 293 g/mol. The molecule has 2 rings (SSSR count). The van der Waals surface area contributed by atoms with E-state index in [0.717, 1.165) is 12.8 Å². The number of amides is 1. The van der Waals surface area contributed by atoms with Gasteiger partial charge in [0.15, 0.2) is 0 Å². The van der Waals surface area contributed by atoms with Crippen molar-refractivity contribution in [2.24, 2.45) is 0 Å². The van der Waals surface area contributed by atoms with Gasteiger partial charge in [-0.15, -0.1) is 0 Å². The lowest BCUT2D eigenvalue weighted by Gasteiger charge is -2.27. The van der Waals surface area contributed by atoms with E-state index in [2.05, 4.69) is 5.32 Å². The van der Waals surface area contributed by atoms with Gasteiger partial charge < -0.3 is 20.9 Å². The van der Waals surface area contributed by atoms with Gasteiger partial charge in [-0.1, -0.05) is 0 Å². The predicted molar refractivity (Wildman–Crippen MR) is 82.3 cm³/mol. The van der Waals surface area contributed by atoms with E-state index in [1.54, 1.807) is 25.3 Å². The van der Waals surface area contributed by atoms with Gasteiger partial charge >= 0.3 is 0 Å². The standard InChI is InChI=1S/C15H23N3O3/c1-10(18(7-8-19)12-4-5-12)15(20)17-13-9-11(16)3-6-14(13)21-2/h3,6,9-10,12,19H,4-5,7-8,16H2,1-2H3,(H,17,20). The van der Waals surface area contributed by atoms with Crippen molar-refractivity contribution in [1.82, 2.24) is 4.90 Å². The molecular formula is C15H23N3O3. The lowest BCUT2D eigenvalue weighted by molar-refractivity contribution is -0.121. The van der Waals surface area contributed by atoms with Crippen molar-refractivity contribution in [2.75, 3.05) is 31.3 Å². The second-order valence-electron chi connectivity index (χ2n) is 5.32. The molecule has 0 radical (unpaired) electrons. The largest absolute Gasteiger partial charge is 0.495 e. The minimum absolute atomic E-state index is 0.0513. The normalized spacial score (nSPS) is 15.8. The van der Waals surface area contributed by atoms with Gasteiger partial charge in [0.05, 0.1) is 25.4 Å². The van der Waals surface area contributed by atoms with Crippen LogP contribution in [-0.4, -0.2) is 48.3 Å². The van der Waals surface area contributed by atoms with Crippen LogP contribution in [-0.2, 0) is 4.79 Å². The van der Waals surface area contributed by atoms with Crippen LogP contribution in [0.25, 0.3) is 0 Å². The Morgan fingerprint density at radius 1 is 1.57 bits per heavy atom. The molecule has 1 amide bonds. The van der Waals surface area contributed by atoms with Gasteiger partial charge in [-0.2, -0.15) is 0 Å². The van der Waals surface area contributed by atoms with Gasteiger partial charge in [0.25, 0.3) is 0 Å². The number of hydrogen-bond acceptors (Lipinski definition) is 5. The highest BCUT2D eigenvalue weighted by Gasteiger charge is 2.34. The van der Waals surface area contributed by atoms with Gasteiger partial charge in [0.2, 0.25) is 5.91 Å². The van der Waals surface area contributed by atoms with Gasteiger partial charge in [-0.3, -0.25) is 9.69 Å². The third kappa shape index (κ3) is 3.86. The molecule has 1 atom stereocenters. The van der Waals surface area contributed by atoms with Gasteiger partial charge in [0.1, 0.15) is 5.75 Å². The lowest BCUT2D eigenvalue weighted by atomic mass is 10.2. The van der Waals surface area contributed by atoms with Crippen LogP contribution in [0.4, 0.5) is 11.4 Å². The van der Waals surface area contributed by atoms with Crippen molar-refractivity contribution in [3.63, 3.8) is 0 Å². The molecule has 116 valence electrons. The molecule has 6 heteroatoms. The number of hydrogen-bond donors (Lipinski definition) is 3. The van der Waals surface area contributed by atoms with Crippen LogP contribution in [0.3, 0.4) is 0 Å². The fourth-order valence-corrected chi connectivity index (χ4v) is 2.43. The highest BCUT2D eigenvalue weighted by atomic mass is 16.5. The van der Waals surface area contributed by atoms with Gasteiger partial charge in [0, 0.05) is 18.3 Å². The summed E-state index contributed by atoms with van der Waals surface area (Å²) in [6, 6.07) is 5.22. The second-order valence-corrected chi connectivity index (χ2v) is 5.32. The number of carbonyl (C=O) groups is 1. The highest BCUT2D eigenvalue weighted by Crippen LogP contribution is 2.30. The number of carbonyl (C=O) groups excluding carboxylic acids is 1. The van der Waals surface area contributed by atoms with Crippen molar-refractivity contribution in [3.05, 3.63) is 18.2 Å². The molecule has 6 nitrogen and oxygen atoms in total. The summed E-state index contributed by atoms with van der Waals surface area (Å²) in [7, 11) is 1.55. The predicted octanol–water partition coefficient (Wildman–Crippen LogP) is 1.06. The van der Waals surface area contributed by atoms with Crippen LogP contribution in [0.2, 0.25) is 0 Å². The molecule has 1 fully saturated rings. The van der Waals surface area contributed by atoms with E-state index in [1.807, 2.05) is 11.8 Å². The summed E-state index contributed by atoms with van der Waals surface area (Å²) >= 11 is 0. The molecule has 0 heterocycles. The Bertz CT molecular complexity index is 503. The van der Waals surface area contributed by atoms with Crippen molar-refractivity contribution in [3.8, 4) is 5.75 Å². The Balaban J connectivity index is 2.07. The van der Waals surface area contributed by atoms with E-state index >= 15 is 0 Å². The number of nitrogens with zero attached hydrogens (tertiary/aromatic N) is 1. The molecule has 0 saturated heterocycles. The van der Waals surface area contributed by atoms with Crippen molar-refractivity contribution in [1.29, 1.82) is 0 Å². The first-order chi connectivity index (χ1) is 10.1. The fraction of sp³-hybridized carbons (Fsp3) is 0.533. The zero-order valence-electron chi connectivity index (χ0n) is 12.5. The Morgan fingerprint density at radius 2 is 2.29 bits per heavy atom. The number of nitrogen functional groups attached to an aromatic ring is 1. The van der Waals surface area contributed by atoms with Crippen LogP contribution in [0.5, 0.6) is 5.75 Å². The summed E-state index contributed by atoms with van der Waals surface area (Å²) in [5.41, 5.74) is 6.88. The molecule has 1 unspecified atom stereocenters. The van der Waals surface area contributed by atoms with Crippen LogP contribution < -0.4 is 15.8 Å².